The second kappa shape index (κ2) is 6.55. The second-order valence-electron chi connectivity index (χ2n) is 6.17. The van der Waals surface area contributed by atoms with Gasteiger partial charge >= 0.3 is 5.97 Å². The van der Waals surface area contributed by atoms with Gasteiger partial charge in [-0.25, -0.2) is 4.79 Å². The van der Waals surface area contributed by atoms with Crippen molar-refractivity contribution in [3.63, 3.8) is 0 Å². The maximum Gasteiger partial charge on any atom is 0.331 e. The Kier molecular flexibility index (Phi) is 4.42. The number of carbonyl (C=O) groups excluding carboxylic acids is 3. The molecule has 0 saturated heterocycles. The lowest BCUT2D eigenvalue weighted by Crippen LogP contribution is -2.11. The van der Waals surface area contributed by atoms with Gasteiger partial charge in [-0.2, -0.15) is 0 Å². The average molecular weight is 350 g/mol. The van der Waals surface area contributed by atoms with Gasteiger partial charge < -0.3 is 9.40 Å². The summed E-state index contributed by atoms with van der Waals surface area (Å²) >= 11 is 0. The largest absolute Gasteiger partial charge is 0.344 e. The number of benzene rings is 2. The molecule has 0 aliphatic rings. The van der Waals surface area contributed by atoms with Gasteiger partial charge in [0.15, 0.2) is 5.78 Å². The highest BCUT2D eigenvalue weighted by atomic mass is 16.7. The van der Waals surface area contributed by atoms with Gasteiger partial charge in [0, 0.05) is 46.9 Å². The Balaban J connectivity index is 2.15. The van der Waals surface area contributed by atoms with Crippen LogP contribution in [0.2, 0.25) is 0 Å². The highest BCUT2D eigenvalue weighted by molar-refractivity contribution is 6.45. The number of aromatic nitrogens is 1. The first-order valence-corrected chi connectivity index (χ1v) is 8.09. The minimum Gasteiger partial charge on any atom is -0.344 e. The molecular formula is C20H18N2O4. The van der Waals surface area contributed by atoms with Crippen LogP contribution in [0.3, 0.4) is 0 Å². The van der Waals surface area contributed by atoms with Crippen LogP contribution in [0.4, 0.5) is 0 Å². The molecule has 3 rings (SSSR count). The minimum absolute atomic E-state index is 0.0134. The number of rotatable bonds is 4. The first-order chi connectivity index (χ1) is 12.3. The summed E-state index contributed by atoms with van der Waals surface area (Å²) in [5, 5.41) is 5.33. The van der Waals surface area contributed by atoms with Gasteiger partial charge in [0.2, 0.25) is 5.78 Å². The molecule has 0 radical (unpaired) electrons. The van der Waals surface area contributed by atoms with E-state index in [0.29, 0.717) is 11.1 Å². The molecule has 0 N–H and O–H groups in total. The smallest absolute Gasteiger partial charge is 0.331 e. The number of fused-ring (bicyclic) bond motifs is 3. The van der Waals surface area contributed by atoms with Gasteiger partial charge in [-0.1, -0.05) is 5.16 Å². The van der Waals surface area contributed by atoms with Crippen molar-refractivity contribution in [2.45, 2.75) is 20.8 Å². The third-order valence-corrected chi connectivity index (χ3v) is 4.31. The van der Waals surface area contributed by atoms with E-state index < -0.39 is 5.97 Å². The zero-order valence-corrected chi connectivity index (χ0v) is 15.0. The quantitative estimate of drug-likeness (QED) is 0.311. The molecule has 0 amide bonds. The van der Waals surface area contributed by atoms with E-state index in [1.807, 2.05) is 29.8 Å². The lowest BCUT2D eigenvalue weighted by molar-refractivity contribution is -0.140. The number of hydrogen-bond acceptors (Lipinski definition) is 5. The summed E-state index contributed by atoms with van der Waals surface area (Å²) in [5.74, 6) is -0.924. The van der Waals surface area contributed by atoms with Gasteiger partial charge in [-0.05, 0) is 50.2 Å². The van der Waals surface area contributed by atoms with Gasteiger partial charge in [0.25, 0.3) is 0 Å². The van der Waals surface area contributed by atoms with E-state index in [4.69, 9.17) is 0 Å². The highest BCUT2D eigenvalue weighted by Gasteiger charge is 2.15. The van der Waals surface area contributed by atoms with Crippen molar-refractivity contribution in [1.29, 1.82) is 0 Å². The van der Waals surface area contributed by atoms with Crippen LogP contribution >= 0.6 is 0 Å². The van der Waals surface area contributed by atoms with E-state index in [2.05, 4.69) is 9.99 Å². The van der Waals surface area contributed by atoms with Crippen LogP contribution < -0.4 is 0 Å². The summed E-state index contributed by atoms with van der Waals surface area (Å²) in [6.07, 6.45) is 0. The first kappa shape index (κ1) is 17.5. The Morgan fingerprint density at radius 3 is 1.96 bits per heavy atom. The van der Waals surface area contributed by atoms with Crippen LogP contribution in [-0.4, -0.2) is 27.8 Å². The Labute approximate surface area is 150 Å². The molecule has 1 heterocycles. The van der Waals surface area contributed by atoms with Crippen molar-refractivity contribution in [2.24, 2.45) is 12.2 Å². The Morgan fingerprint density at radius 1 is 0.885 bits per heavy atom. The lowest BCUT2D eigenvalue weighted by Gasteiger charge is -2.02. The number of ketones is 2. The molecule has 6 nitrogen and oxygen atoms in total. The van der Waals surface area contributed by atoms with Gasteiger partial charge in [0.1, 0.15) is 5.71 Å². The fourth-order valence-corrected chi connectivity index (χ4v) is 2.96. The van der Waals surface area contributed by atoms with Crippen molar-refractivity contribution in [3.8, 4) is 0 Å². The number of Topliss-reactive ketones (excluding diaryl/α,β-unsaturated/α-hetero) is 2. The lowest BCUT2D eigenvalue weighted by atomic mass is 10.0. The third-order valence-electron chi connectivity index (χ3n) is 4.31. The van der Waals surface area contributed by atoms with Gasteiger partial charge in [-0.15, -0.1) is 0 Å². The Morgan fingerprint density at radius 2 is 1.42 bits per heavy atom. The fraction of sp³-hybridized carbons (Fsp3) is 0.200. The van der Waals surface area contributed by atoms with Gasteiger partial charge in [-0.3, -0.25) is 9.59 Å². The van der Waals surface area contributed by atoms with E-state index in [0.717, 1.165) is 21.8 Å². The fourth-order valence-electron chi connectivity index (χ4n) is 2.96. The molecule has 0 unspecified atom stereocenters. The van der Waals surface area contributed by atoms with Crippen molar-refractivity contribution >= 4 is 45.1 Å². The SMILES string of the molecule is CC(=O)ON=C(C)C(=O)c1ccc2c(c1)c1cc(C(C)=O)ccc1n2C. The molecule has 0 aliphatic carbocycles. The molecule has 0 fully saturated rings. The summed E-state index contributed by atoms with van der Waals surface area (Å²) in [6.45, 7) is 4.23. The third kappa shape index (κ3) is 3.01. The molecule has 6 heteroatoms. The summed E-state index contributed by atoms with van der Waals surface area (Å²) in [4.78, 5) is 39.6. The van der Waals surface area contributed by atoms with Crippen LogP contribution in [0, 0.1) is 0 Å². The van der Waals surface area contributed by atoms with Crippen LogP contribution in [0.5, 0.6) is 0 Å². The summed E-state index contributed by atoms with van der Waals surface area (Å²) in [6, 6.07) is 10.9. The van der Waals surface area contributed by atoms with E-state index in [-0.39, 0.29) is 17.3 Å². The van der Waals surface area contributed by atoms with Gasteiger partial charge in [0.05, 0.1) is 0 Å². The van der Waals surface area contributed by atoms with Crippen molar-refractivity contribution < 1.29 is 19.2 Å². The molecule has 26 heavy (non-hydrogen) atoms. The Bertz CT molecular complexity index is 1110. The summed E-state index contributed by atoms with van der Waals surface area (Å²) < 4.78 is 2.02. The molecule has 132 valence electrons. The standard InChI is InChI=1S/C20H18N2O4/c1-11(21-26-13(3)24)20(25)15-6-8-19-17(10-15)16-9-14(12(2)23)5-7-18(16)22(19)4/h5-10H,1-4H3. The van der Waals surface area contributed by atoms with Crippen molar-refractivity contribution in [2.75, 3.05) is 0 Å². The van der Waals surface area contributed by atoms with Crippen LogP contribution in [-0.2, 0) is 16.7 Å². The van der Waals surface area contributed by atoms with Crippen molar-refractivity contribution in [1.82, 2.24) is 4.57 Å². The highest BCUT2D eigenvalue weighted by Crippen LogP contribution is 2.30. The molecule has 1 aromatic heterocycles. The molecule has 3 aromatic rings. The average Bonchev–Trinajstić information content (AvgIpc) is 2.90. The van der Waals surface area contributed by atoms with Crippen LogP contribution in [0.1, 0.15) is 41.5 Å². The maximum atomic E-state index is 12.5. The monoisotopic (exact) mass is 350 g/mol. The number of nitrogens with zero attached hydrogens (tertiary/aromatic N) is 2. The number of aryl methyl sites for hydroxylation is 1. The zero-order valence-electron chi connectivity index (χ0n) is 15.0. The molecule has 0 aliphatic heterocycles. The molecule has 0 saturated carbocycles. The van der Waals surface area contributed by atoms with E-state index in [9.17, 15) is 14.4 Å². The molecule has 0 bridgehead atoms. The minimum atomic E-state index is -0.585. The van der Waals surface area contributed by atoms with E-state index >= 15 is 0 Å². The summed E-state index contributed by atoms with van der Waals surface area (Å²) in [5.41, 5.74) is 3.07. The molecule has 0 spiro atoms. The van der Waals surface area contributed by atoms with Crippen molar-refractivity contribution in [3.05, 3.63) is 47.5 Å². The zero-order chi connectivity index (χ0) is 19.0. The number of oxime groups is 1. The van der Waals surface area contributed by atoms with Crippen LogP contribution in [0.25, 0.3) is 21.8 Å². The van der Waals surface area contributed by atoms with Crippen LogP contribution in [0.15, 0.2) is 41.6 Å². The number of carbonyl (C=O) groups is 3. The second-order valence-corrected chi connectivity index (χ2v) is 6.17. The maximum absolute atomic E-state index is 12.5. The predicted octanol–water partition coefficient (Wildman–Crippen LogP) is 3.66. The normalized spacial score (nSPS) is 11.8. The van der Waals surface area contributed by atoms with E-state index in [1.54, 1.807) is 18.2 Å². The molecular weight excluding hydrogens is 332 g/mol. The molecule has 2 aromatic carbocycles. The topological polar surface area (TPSA) is 77.7 Å². The van der Waals surface area contributed by atoms with E-state index in [1.165, 1.54) is 20.8 Å². The number of hydrogen-bond donors (Lipinski definition) is 0. The Hall–Kier alpha value is -3.28. The molecule has 0 atom stereocenters. The first-order valence-electron chi connectivity index (χ1n) is 8.09. The predicted molar refractivity (Wildman–Crippen MR) is 99.6 cm³/mol. The summed E-state index contributed by atoms with van der Waals surface area (Å²) in [7, 11) is 1.94.